The Kier molecular flexibility index (Phi) is 4.39. The maximum Gasteiger partial charge on any atom is 0.573 e. The van der Waals surface area contributed by atoms with Gasteiger partial charge in [0.15, 0.2) is 17.2 Å². The second kappa shape index (κ2) is 5.91. The summed E-state index contributed by atoms with van der Waals surface area (Å²) >= 11 is 11.8. The molecule has 0 aliphatic heterocycles. The van der Waals surface area contributed by atoms with E-state index in [1.807, 2.05) is 0 Å². The molecule has 0 unspecified atom stereocenters. The minimum absolute atomic E-state index is 0.00856. The van der Waals surface area contributed by atoms with Crippen LogP contribution in [0.3, 0.4) is 0 Å². The van der Waals surface area contributed by atoms with E-state index in [0.717, 1.165) is 6.07 Å². The van der Waals surface area contributed by atoms with E-state index in [9.17, 15) is 13.2 Å². The Balaban J connectivity index is 2.37. The van der Waals surface area contributed by atoms with Crippen LogP contribution < -0.4 is 15.2 Å². The maximum atomic E-state index is 12.3. The van der Waals surface area contributed by atoms with Gasteiger partial charge in [0.05, 0.1) is 10.0 Å². The molecule has 2 rings (SSSR count). The molecule has 2 aromatic carbocycles. The summed E-state index contributed by atoms with van der Waals surface area (Å²) in [7, 11) is 0. The second-order valence-electron chi connectivity index (χ2n) is 3.91. The fourth-order valence-corrected chi connectivity index (χ4v) is 2.11. The fraction of sp³-hybridized carbons (Fsp3) is 0.0769. The van der Waals surface area contributed by atoms with Crippen molar-refractivity contribution in [3.63, 3.8) is 0 Å². The van der Waals surface area contributed by atoms with E-state index >= 15 is 0 Å². The Morgan fingerprint density at radius 1 is 0.952 bits per heavy atom. The largest absolute Gasteiger partial charge is 0.573 e. The van der Waals surface area contributed by atoms with Crippen LogP contribution in [0.1, 0.15) is 0 Å². The van der Waals surface area contributed by atoms with Crippen LogP contribution in [-0.2, 0) is 0 Å². The van der Waals surface area contributed by atoms with Crippen molar-refractivity contribution in [3.8, 4) is 17.2 Å². The molecule has 0 heterocycles. The predicted molar refractivity (Wildman–Crippen MR) is 74.1 cm³/mol. The smallest absolute Gasteiger partial charge is 0.450 e. The minimum atomic E-state index is -4.84. The summed E-state index contributed by atoms with van der Waals surface area (Å²) in [6.07, 6.45) is -4.84. The summed E-state index contributed by atoms with van der Waals surface area (Å²) in [5.74, 6) is -0.692. The third-order valence-corrected chi connectivity index (χ3v) is 2.87. The summed E-state index contributed by atoms with van der Waals surface area (Å²) in [5.41, 5.74) is 5.84. The lowest BCUT2D eigenvalue weighted by Crippen LogP contribution is -2.17. The van der Waals surface area contributed by atoms with E-state index in [2.05, 4.69) is 4.74 Å². The molecule has 0 saturated heterocycles. The lowest BCUT2D eigenvalue weighted by atomic mass is 10.3. The second-order valence-corrected chi connectivity index (χ2v) is 4.72. The standard InChI is InChI=1S/C13H8Cl2F3NO2/c14-8-5-7(19)6-9(15)12(8)20-10-3-1-2-4-11(10)21-13(16,17)18/h1-6H,19H2. The van der Waals surface area contributed by atoms with E-state index in [1.165, 1.54) is 30.3 Å². The Morgan fingerprint density at radius 3 is 2.00 bits per heavy atom. The van der Waals surface area contributed by atoms with Gasteiger partial charge in [0.1, 0.15) is 0 Å². The Labute approximate surface area is 128 Å². The van der Waals surface area contributed by atoms with Gasteiger partial charge in [-0.1, -0.05) is 35.3 Å². The van der Waals surface area contributed by atoms with E-state index in [4.69, 9.17) is 33.7 Å². The molecule has 2 N–H and O–H groups in total. The molecular formula is C13H8Cl2F3NO2. The highest BCUT2D eigenvalue weighted by Crippen LogP contribution is 2.41. The van der Waals surface area contributed by atoms with Gasteiger partial charge in [-0.05, 0) is 24.3 Å². The molecule has 8 heteroatoms. The summed E-state index contributed by atoms with van der Waals surface area (Å²) in [5, 5.41) is 0.142. The van der Waals surface area contributed by atoms with Crippen molar-refractivity contribution >= 4 is 28.9 Å². The van der Waals surface area contributed by atoms with E-state index in [1.54, 1.807) is 0 Å². The zero-order valence-electron chi connectivity index (χ0n) is 10.2. The van der Waals surface area contributed by atoms with Crippen molar-refractivity contribution in [2.75, 3.05) is 5.73 Å². The van der Waals surface area contributed by atoms with Crippen molar-refractivity contribution < 1.29 is 22.6 Å². The van der Waals surface area contributed by atoms with Crippen LogP contribution in [0.4, 0.5) is 18.9 Å². The number of rotatable bonds is 3. The maximum absolute atomic E-state index is 12.3. The number of alkyl halides is 3. The molecule has 0 saturated carbocycles. The molecular weight excluding hydrogens is 330 g/mol. The molecule has 0 bridgehead atoms. The molecule has 2 aromatic rings. The molecule has 0 spiro atoms. The normalized spacial score (nSPS) is 11.3. The third kappa shape index (κ3) is 4.09. The summed E-state index contributed by atoms with van der Waals surface area (Å²) in [6.45, 7) is 0. The van der Waals surface area contributed by atoms with Gasteiger partial charge >= 0.3 is 6.36 Å². The molecule has 0 aliphatic carbocycles. The van der Waals surface area contributed by atoms with Crippen LogP contribution in [0.2, 0.25) is 10.0 Å². The Morgan fingerprint density at radius 2 is 1.48 bits per heavy atom. The van der Waals surface area contributed by atoms with Gasteiger partial charge in [-0.25, -0.2) is 0 Å². The van der Waals surface area contributed by atoms with Crippen molar-refractivity contribution in [2.24, 2.45) is 0 Å². The number of nitrogens with two attached hydrogens (primary N) is 1. The van der Waals surface area contributed by atoms with Gasteiger partial charge < -0.3 is 15.2 Å². The highest BCUT2D eigenvalue weighted by molar-refractivity contribution is 6.37. The summed E-state index contributed by atoms with van der Waals surface area (Å²) in [6, 6.07) is 8.01. The molecule has 0 aromatic heterocycles. The number of benzene rings is 2. The van der Waals surface area contributed by atoms with Gasteiger partial charge in [0.2, 0.25) is 0 Å². The monoisotopic (exact) mass is 337 g/mol. The number of ether oxygens (including phenoxy) is 2. The Hall–Kier alpha value is -1.79. The molecule has 0 atom stereocenters. The zero-order chi connectivity index (χ0) is 15.6. The number of nitrogen functional groups attached to an aromatic ring is 1. The van der Waals surface area contributed by atoms with Gasteiger partial charge in [0.25, 0.3) is 0 Å². The predicted octanol–water partition coefficient (Wildman–Crippen LogP) is 5.27. The van der Waals surface area contributed by atoms with Crippen molar-refractivity contribution in [1.82, 2.24) is 0 Å². The first-order valence-corrected chi connectivity index (χ1v) is 6.29. The van der Waals surface area contributed by atoms with Crippen LogP contribution >= 0.6 is 23.2 Å². The van der Waals surface area contributed by atoms with Gasteiger partial charge in [-0.15, -0.1) is 13.2 Å². The van der Waals surface area contributed by atoms with Crippen LogP contribution in [0.15, 0.2) is 36.4 Å². The van der Waals surface area contributed by atoms with Gasteiger partial charge in [-0.2, -0.15) is 0 Å². The number of anilines is 1. The topological polar surface area (TPSA) is 44.5 Å². The fourth-order valence-electron chi connectivity index (χ4n) is 1.53. The quantitative estimate of drug-likeness (QED) is 0.776. The summed E-state index contributed by atoms with van der Waals surface area (Å²) < 4.78 is 46.2. The molecule has 0 aliphatic rings. The lowest BCUT2D eigenvalue weighted by molar-refractivity contribution is -0.275. The van der Waals surface area contributed by atoms with E-state index in [-0.39, 0.29) is 21.5 Å². The molecule has 0 fully saturated rings. The average Bonchev–Trinajstić information content (AvgIpc) is 2.33. The summed E-state index contributed by atoms with van der Waals surface area (Å²) in [4.78, 5) is 0. The number of para-hydroxylation sites is 2. The SMILES string of the molecule is Nc1cc(Cl)c(Oc2ccccc2OC(F)(F)F)c(Cl)c1. The van der Waals surface area contributed by atoms with E-state index < -0.39 is 12.1 Å². The molecule has 112 valence electrons. The molecule has 0 amide bonds. The lowest BCUT2D eigenvalue weighted by Gasteiger charge is -2.15. The number of hydrogen-bond acceptors (Lipinski definition) is 3. The van der Waals surface area contributed by atoms with Crippen molar-refractivity contribution in [1.29, 1.82) is 0 Å². The van der Waals surface area contributed by atoms with Crippen LogP contribution in [0, 0.1) is 0 Å². The van der Waals surface area contributed by atoms with Gasteiger partial charge in [0, 0.05) is 5.69 Å². The first kappa shape index (κ1) is 15.6. The Bertz CT molecular complexity index is 639. The highest BCUT2D eigenvalue weighted by atomic mass is 35.5. The first-order valence-electron chi connectivity index (χ1n) is 5.53. The van der Waals surface area contributed by atoms with Crippen LogP contribution in [0.25, 0.3) is 0 Å². The molecule has 3 nitrogen and oxygen atoms in total. The van der Waals surface area contributed by atoms with Crippen LogP contribution in [-0.4, -0.2) is 6.36 Å². The number of hydrogen-bond donors (Lipinski definition) is 1. The van der Waals surface area contributed by atoms with Crippen LogP contribution in [0.5, 0.6) is 17.2 Å². The van der Waals surface area contributed by atoms with E-state index in [0.29, 0.717) is 5.69 Å². The molecule has 0 radical (unpaired) electrons. The van der Waals surface area contributed by atoms with Crippen molar-refractivity contribution in [2.45, 2.75) is 6.36 Å². The van der Waals surface area contributed by atoms with Crippen molar-refractivity contribution in [3.05, 3.63) is 46.4 Å². The zero-order valence-corrected chi connectivity index (χ0v) is 11.8. The minimum Gasteiger partial charge on any atom is -0.450 e. The average molecular weight is 338 g/mol. The number of halogens is 5. The first-order chi connectivity index (χ1) is 9.76. The van der Waals surface area contributed by atoms with Gasteiger partial charge in [-0.3, -0.25) is 0 Å². The molecule has 21 heavy (non-hydrogen) atoms. The highest BCUT2D eigenvalue weighted by Gasteiger charge is 2.32. The third-order valence-electron chi connectivity index (χ3n) is 2.31.